The Hall–Kier alpha value is -2.21. The monoisotopic (exact) mass is 261 g/mol. The Morgan fingerprint density at radius 1 is 1.17 bits per heavy atom. The van der Waals surface area contributed by atoms with Crippen molar-refractivity contribution in [3.8, 4) is 23.1 Å². The van der Waals surface area contributed by atoms with E-state index in [2.05, 4.69) is 20.1 Å². The van der Waals surface area contributed by atoms with Crippen LogP contribution in [-0.4, -0.2) is 31.8 Å². The van der Waals surface area contributed by atoms with E-state index >= 15 is 0 Å². The molecule has 0 N–H and O–H groups in total. The Bertz CT molecular complexity index is 668. The number of hydrogen-bond acceptors (Lipinski definition) is 5. The molecule has 1 aromatic rings. The summed E-state index contributed by atoms with van der Waals surface area (Å²) in [6.07, 6.45) is 2.98. The van der Waals surface area contributed by atoms with Gasteiger partial charge in [-0.2, -0.15) is 0 Å². The fourth-order valence-electron chi connectivity index (χ4n) is 1.61. The number of nitrogens with zero attached hydrogens (tertiary/aromatic N) is 5. The smallest absolute Gasteiger partial charge is 0.219 e. The van der Waals surface area contributed by atoms with E-state index in [-0.39, 0.29) is 0 Å². The first-order chi connectivity index (χ1) is 8.78. The van der Waals surface area contributed by atoms with Crippen LogP contribution >= 0.6 is 11.6 Å². The van der Waals surface area contributed by atoms with E-state index in [0.717, 1.165) is 5.69 Å². The molecule has 90 valence electrons. The first-order valence-corrected chi connectivity index (χ1v) is 5.52. The molecule has 0 unspecified atom stereocenters. The third kappa shape index (κ3) is 1.76. The largest absolute Gasteiger partial charge is 0.494 e. The molecule has 18 heavy (non-hydrogen) atoms. The summed E-state index contributed by atoms with van der Waals surface area (Å²) in [6, 6.07) is 5.28. The first kappa shape index (κ1) is 10.9. The average molecular weight is 262 g/mol. The number of fused-ring (bicyclic) bond motifs is 1. The SMILES string of the molecule is COc1cc(Cl)ccc1-n1cnc2ncnc-2n1. The molecule has 0 radical (unpaired) electrons. The molecule has 1 aromatic carbocycles. The summed E-state index contributed by atoms with van der Waals surface area (Å²) in [5, 5.41) is 4.90. The molecule has 6 nitrogen and oxygen atoms in total. The zero-order chi connectivity index (χ0) is 12.5. The molecule has 0 fully saturated rings. The highest BCUT2D eigenvalue weighted by atomic mass is 35.5. The number of aromatic nitrogens is 5. The van der Waals surface area contributed by atoms with Crippen molar-refractivity contribution >= 4 is 11.6 Å². The minimum absolute atomic E-state index is 0.481. The van der Waals surface area contributed by atoms with Crippen molar-refractivity contribution in [3.63, 3.8) is 0 Å². The van der Waals surface area contributed by atoms with Gasteiger partial charge in [-0.15, -0.1) is 5.10 Å². The lowest BCUT2D eigenvalue weighted by molar-refractivity contribution is 0.411. The van der Waals surface area contributed by atoms with Crippen molar-refractivity contribution in [2.75, 3.05) is 7.11 Å². The topological polar surface area (TPSA) is 65.7 Å². The predicted molar refractivity (Wildman–Crippen MR) is 65.1 cm³/mol. The molecule has 3 rings (SSSR count). The summed E-state index contributed by atoms with van der Waals surface area (Å²) in [6.45, 7) is 0. The molecule has 0 spiro atoms. The second-order valence-corrected chi connectivity index (χ2v) is 3.96. The second-order valence-electron chi connectivity index (χ2n) is 3.53. The van der Waals surface area contributed by atoms with Gasteiger partial charge in [0.25, 0.3) is 0 Å². The van der Waals surface area contributed by atoms with Crippen molar-refractivity contribution in [2.24, 2.45) is 0 Å². The van der Waals surface area contributed by atoms with Crippen LogP contribution in [0.5, 0.6) is 5.75 Å². The maximum absolute atomic E-state index is 5.91. The maximum Gasteiger partial charge on any atom is 0.219 e. The molecule has 0 saturated carbocycles. The van der Waals surface area contributed by atoms with Crippen molar-refractivity contribution < 1.29 is 4.74 Å². The van der Waals surface area contributed by atoms with Crippen molar-refractivity contribution in [1.82, 2.24) is 24.7 Å². The van der Waals surface area contributed by atoms with Gasteiger partial charge in [0.05, 0.1) is 7.11 Å². The maximum atomic E-state index is 5.91. The van der Waals surface area contributed by atoms with E-state index in [9.17, 15) is 0 Å². The average Bonchev–Trinajstić information content (AvgIpc) is 2.85. The van der Waals surface area contributed by atoms with Crippen molar-refractivity contribution in [2.45, 2.75) is 0 Å². The minimum Gasteiger partial charge on any atom is -0.494 e. The molecule has 0 saturated heterocycles. The number of hydrogen-bond donors (Lipinski definition) is 0. The number of halogens is 1. The van der Waals surface area contributed by atoms with Gasteiger partial charge in [0.2, 0.25) is 11.6 Å². The fourth-order valence-corrected chi connectivity index (χ4v) is 1.77. The third-order valence-electron chi connectivity index (χ3n) is 2.44. The molecule has 0 bridgehead atoms. The molecular weight excluding hydrogens is 254 g/mol. The lowest BCUT2D eigenvalue weighted by Crippen LogP contribution is -2.06. The van der Waals surface area contributed by atoms with Crippen LogP contribution in [0.2, 0.25) is 5.02 Å². The molecule has 0 atom stereocenters. The van der Waals surface area contributed by atoms with Crippen molar-refractivity contribution in [1.29, 1.82) is 0 Å². The van der Waals surface area contributed by atoms with Gasteiger partial charge in [-0.25, -0.2) is 19.6 Å². The van der Waals surface area contributed by atoms with E-state index in [1.807, 2.05) is 0 Å². The van der Waals surface area contributed by atoms with Gasteiger partial charge in [0, 0.05) is 11.1 Å². The minimum atomic E-state index is 0.481. The Labute approximate surface area is 108 Å². The lowest BCUT2D eigenvalue weighted by Gasteiger charge is -2.10. The van der Waals surface area contributed by atoms with Crippen molar-refractivity contribution in [3.05, 3.63) is 35.9 Å². The van der Waals surface area contributed by atoms with Crippen LogP contribution in [0, 0.1) is 0 Å². The lowest BCUT2D eigenvalue weighted by atomic mass is 10.3. The standard InChI is InChI=1S/C11H8ClN5O/c1-18-9-4-7(12)2-3-8(9)17-6-15-10-11(16-17)14-5-13-10/h2-6H,1H3. The second kappa shape index (κ2) is 4.23. The third-order valence-corrected chi connectivity index (χ3v) is 2.68. The van der Waals surface area contributed by atoms with Gasteiger partial charge < -0.3 is 4.74 Å². The summed E-state index contributed by atoms with van der Waals surface area (Å²) in [4.78, 5) is 12.1. The molecule has 0 amide bonds. The Balaban J connectivity index is 2.17. The Morgan fingerprint density at radius 2 is 2.00 bits per heavy atom. The van der Waals surface area contributed by atoms with Crippen LogP contribution < -0.4 is 4.74 Å². The van der Waals surface area contributed by atoms with E-state index < -0.39 is 0 Å². The molecule has 0 aliphatic carbocycles. The van der Waals surface area contributed by atoms with E-state index in [4.69, 9.17) is 16.3 Å². The highest BCUT2D eigenvalue weighted by Gasteiger charge is 2.12. The van der Waals surface area contributed by atoms with Gasteiger partial charge >= 0.3 is 0 Å². The van der Waals surface area contributed by atoms with Gasteiger partial charge in [0.15, 0.2) is 0 Å². The number of benzene rings is 1. The number of imidazole rings is 1. The molecule has 0 aromatic heterocycles. The van der Waals surface area contributed by atoms with Gasteiger partial charge in [-0.1, -0.05) is 11.6 Å². The van der Waals surface area contributed by atoms with Gasteiger partial charge in [-0.05, 0) is 12.1 Å². The molecule has 7 heteroatoms. The molecule has 2 heterocycles. The van der Waals surface area contributed by atoms with Crippen LogP contribution in [-0.2, 0) is 0 Å². The number of rotatable bonds is 2. The zero-order valence-corrected chi connectivity index (χ0v) is 10.2. The highest BCUT2D eigenvalue weighted by Crippen LogP contribution is 2.26. The molecule has 2 aliphatic rings. The summed E-state index contributed by atoms with van der Waals surface area (Å²) in [5.41, 5.74) is 0.735. The molecule has 2 aliphatic heterocycles. The first-order valence-electron chi connectivity index (χ1n) is 5.14. The number of methoxy groups -OCH3 is 1. The van der Waals surface area contributed by atoms with Crippen LogP contribution in [0.3, 0.4) is 0 Å². The quantitative estimate of drug-likeness (QED) is 0.704. The number of ether oxygens (including phenoxy) is 1. The van der Waals surface area contributed by atoms with Crippen LogP contribution in [0.15, 0.2) is 30.9 Å². The summed E-state index contributed by atoms with van der Waals surface area (Å²) in [5.74, 6) is 1.61. The summed E-state index contributed by atoms with van der Waals surface area (Å²) >= 11 is 5.91. The summed E-state index contributed by atoms with van der Waals surface area (Å²) in [7, 11) is 1.57. The highest BCUT2D eigenvalue weighted by molar-refractivity contribution is 6.30. The summed E-state index contributed by atoms with van der Waals surface area (Å²) < 4.78 is 6.84. The fraction of sp³-hybridized carbons (Fsp3) is 0.0909. The Kier molecular flexibility index (Phi) is 2.56. The van der Waals surface area contributed by atoms with Crippen LogP contribution in [0.1, 0.15) is 0 Å². The van der Waals surface area contributed by atoms with Crippen LogP contribution in [0.4, 0.5) is 0 Å². The zero-order valence-electron chi connectivity index (χ0n) is 9.41. The van der Waals surface area contributed by atoms with Gasteiger partial charge in [0.1, 0.15) is 24.1 Å². The normalized spacial score (nSPS) is 10.8. The Morgan fingerprint density at radius 3 is 2.83 bits per heavy atom. The van der Waals surface area contributed by atoms with E-state index in [1.54, 1.807) is 36.3 Å². The van der Waals surface area contributed by atoms with Crippen LogP contribution in [0.25, 0.3) is 17.3 Å². The van der Waals surface area contributed by atoms with E-state index in [1.165, 1.54) is 6.33 Å². The predicted octanol–water partition coefficient (Wildman–Crippen LogP) is 1.82. The molecular formula is C11H8ClN5O. The van der Waals surface area contributed by atoms with Gasteiger partial charge in [-0.3, -0.25) is 0 Å². The van der Waals surface area contributed by atoms with E-state index in [0.29, 0.717) is 22.4 Å².